The molecule has 4 aromatic rings. The summed E-state index contributed by atoms with van der Waals surface area (Å²) in [6.07, 6.45) is 4.87. The van der Waals surface area contributed by atoms with E-state index in [1.807, 2.05) is 115 Å². The van der Waals surface area contributed by atoms with Crippen molar-refractivity contribution < 1.29 is 29.0 Å². The largest absolute Gasteiger partial charge is 0.489 e. The summed E-state index contributed by atoms with van der Waals surface area (Å²) in [4.78, 5) is 42.3. The average molecular weight is 703 g/mol. The number of allylic oxidation sites excluding steroid dienone is 2. The fraction of sp³-hybridized carbons (Fsp3) is 0.295. The van der Waals surface area contributed by atoms with Gasteiger partial charge in [0.25, 0.3) is 0 Å². The second kappa shape index (κ2) is 21.7. The normalized spacial score (nSPS) is 12.5. The second-order valence-electron chi connectivity index (χ2n) is 12.8. The molecule has 0 unspecified atom stereocenters. The van der Waals surface area contributed by atoms with Crippen LogP contribution in [0.3, 0.4) is 0 Å². The molecule has 0 fully saturated rings. The molecule has 2 N–H and O–H groups in total. The van der Waals surface area contributed by atoms with E-state index in [4.69, 9.17) is 9.47 Å². The summed E-state index contributed by atoms with van der Waals surface area (Å²) in [5.41, 5.74) is 3.92. The molecule has 0 radical (unpaired) electrons. The number of benzene rings is 4. The minimum Gasteiger partial charge on any atom is -0.489 e. The molecule has 272 valence electrons. The maximum Gasteiger partial charge on any atom is 0.309 e. The van der Waals surface area contributed by atoms with E-state index in [0.717, 1.165) is 22.3 Å². The van der Waals surface area contributed by atoms with Crippen molar-refractivity contribution in [3.63, 3.8) is 0 Å². The second-order valence-corrected chi connectivity index (χ2v) is 12.8. The standard InChI is InChI=1S/C44H50N2O6/c1-3-14-38(30-42(48)46(26-27-47)31-36-18-10-6-11-19-36)43(49)45-40(33-52-44(50)39(15-4-2)28-34-16-8-5-9-17-34)29-35-22-24-41(25-23-35)51-32-37-20-12-7-13-21-37/h3-13,16-25,38-40,47H,1-2,14-15,26-33H2,(H,45,49)/t38-,39-,40+/m1/s1. The molecule has 0 aromatic heterocycles. The van der Waals surface area contributed by atoms with Crippen LogP contribution in [0.1, 0.15) is 41.5 Å². The SMILES string of the molecule is C=CC[C@H](CC(=O)N(CCO)Cc1ccccc1)C(=O)N[C@H](COC(=O)[C@H](CC=C)Cc1ccccc1)Cc1ccc(OCc2ccccc2)cc1. The number of nitrogens with one attached hydrogen (secondary N) is 1. The molecule has 0 spiro atoms. The van der Waals surface area contributed by atoms with Crippen LogP contribution in [-0.2, 0) is 45.1 Å². The van der Waals surface area contributed by atoms with Gasteiger partial charge in [0.1, 0.15) is 19.0 Å². The zero-order chi connectivity index (χ0) is 37.0. The van der Waals surface area contributed by atoms with Gasteiger partial charge in [0.2, 0.25) is 11.8 Å². The lowest BCUT2D eigenvalue weighted by molar-refractivity contribution is -0.149. The van der Waals surface area contributed by atoms with Gasteiger partial charge in [-0.05, 0) is 60.1 Å². The highest BCUT2D eigenvalue weighted by Crippen LogP contribution is 2.19. The van der Waals surface area contributed by atoms with E-state index >= 15 is 0 Å². The topological polar surface area (TPSA) is 105 Å². The summed E-state index contributed by atoms with van der Waals surface area (Å²) in [5, 5.41) is 12.8. The Morgan fingerprint density at radius 1 is 0.712 bits per heavy atom. The maximum absolute atomic E-state index is 13.9. The van der Waals surface area contributed by atoms with Crippen molar-refractivity contribution in [2.24, 2.45) is 11.8 Å². The molecule has 4 aromatic carbocycles. The highest BCUT2D eigenvalue weighted by molar-refractivity contribution is 5.86. The van der Waals surface area contributed by atoms with Crippen LogP contribution in [0.25, 0.3) is 0 Å². The number of aliphatic hydroxyl groups is 1. The minimum atomic E-state index is -0.708. The van der Waals surface area contributed by atoms with Crippen molar-refractivity contribution in [2.45, 2.75) is 51.3 Å². The van der Waals surface area contributed by atoms with Gasteiger partial charge in [0, 0.05) is 19.5 Å². The number of amides is 2. The molecular weight excluding hydrogens is 652 g/mol. The van der Waals surface area contributed by atoms with Gasteiger partial charge in [-0.25, -0.2) is 0 Å². The highest BCUT2D eigenvalue weighted by Gasteiger charge is 2.27. The molecule has 2 amide bonds. The van der Waals surface area contributed by atoms with E-state index in [-0.39, 0.29) is 50.4 Å². The van der Waals surface area contributed by atoms with E-state index in [0.29, 0.717) is 38.2 Å². The zero-order valence-electron chi connectivity index (χ0n) is 29.8. The Morgan fingerprint density at radius 2 is 1.27 bits per heavy atom. The van der Waals surface area contributed by atoms with Crippen molar-refractivity contribution in [3.05, 3.63) is 163 Å². The fourth-order valence-corrected chi connectivity index (χ4v) is 5.92. The van der Waals surface area contributed by atoms with E-state index in [2.05, 4.69) is 18.5 Å². The Labute approximate surface area is 307 Å². The third kappa shape index (κ3) is 13.3. The first-order valence-corrected chi connectivity index (χ1v) is 17.8. The van der Waals surface area contributed by atoms with Crippen LogP contribution < -0.4 is 10.1 Å². The van der Waals surface area contributed by atoms with Gasteiger partial charge in [0.15, 0.2) is 0 Å². The zero-order valence-corrected chi connectivity index (χ0v) is 29.8. The summed E-state index contributed by atoms with van der Waals surface area (Å²) in [6, 6.07) is 36.2. The summed E-state index contributed by atoms with van der Waals surface area (Å²) >= 11 is 0. The van der Waals surface area contributed by atoms with Gasteiger partial charge in [0.05, 0.1) is 24.5 Å². The van der Waals surface area contributed by atoms with E-state index in [1.54, 1.807) is 17.1 Å². The number of nitrogens with zero attached hydrogens (tertiary/aromatic N) is 1. The van der Waals surface area contributed by atoms with Crippen LogP contribution in [0.4, 0.5) is 0 Å². The van der Waals surface area contributed by atoms with Gasteiger partial charge in [-0.3, -0.25) is 14.4 Å². The van der Waals surface area contributed by atoms with Crippen LogP contribution in [0.15, 0.2) is 141 Å². The molecular formula is C44H50N2O6. The first-order chi connectivity index (χ1) is 25.4. The Bertz CT molecular complexity index is 1680. The average Bonchev–Trinajstić information content (AvgIpc) is 3.17. The summed E-state index contributed by atoms with van der Waals surface area (Å²) < 4.78 is 11.8. The van der Waals surface area contributed by atoms with Crippen LogP contribution in [0.2, 0.25) is 0 Å². The lowest BCUT2D eigenvalue weighted by Crippen LogP contribution is -2.45. The highest BCUT2D eigenvalue weighted by atomic mass is 16.5. The van der Waals surface area contributed by atoms with Crippen molar-refractivity contribution in [1.29, 1.82) is 0 Å². The number of ether oxygens (including phenoxy) is 2. The Kier molecular flexibility index (Phi) is 16.4. The Morgan fingerprint density at radius 3 is 1.87 bits per heavy atom. The number of rotatable bonds is 22. The monoisotopic (exact) mass is 702 g/mol. The van der Waals surface area contributed by atoms with Crippen LogP contribution in [-0.4, -0.2) is 53.6 Å². The molecule has 0 saturated heterocycles. The van der Waals surface area contributed by atoms with Crippen LogP contribution in [0.5, 0.6) is 5.75 Å². The third-order valence-electron chi connectivity index (χ3n) is 8.72. The van der Waals surface area contributed by atoms with E-state index in [9.17, 15) is 19.5 Å². The number of aliphatic hydroxyl groups excluding tert-OH is 1. The molecule has 0 aliphatic rings. The molecule has 4 rings (SSSR count). The Hall–Kier alpha value is -5.47. The van der Waals surface area contributed by atoms with Crippen molar-refractivity contribution >= 4 is 17.8 Å². The lowest BCUT2D eigenvalue weighted by Gasteiger charge is -2.26. The molecule has 3 atom stereocenters. The third-order valence-corrected chi connectivity index (χ3v) is 8.72. The summed E-state index contributed by atoms with van der Waals surface area (Å²) in [6.45, 7) is 8.31. The number of carbonyl (C=O) groups is 3. The van der Waals surface area contributed by atoms with Gasteiger partial charge in [-0.1, -0.05) is 115 Å². The lowest BCUT2D eigenvalue weighted by atomic mass is 9.96. The summed E-state index contributed by atoms with van der Waals surface area (Å²) in [7, 11) is 0. The van der Waals surface area contributed by atoms with Gasteiger partial charge in [-0.15, -0.1) is 13.2 Å². The fourth-order valence-electron chi connectivity index (χ4n) is 5.92. The van der Waals surface area contributed by atoms with Gasteiger partial charge >= 0.3 is 5.97 Å². The number of hydrogen-bond donors (Lipinski definition) is 2. The molecule has 0 bridgehead atoms. The van der Waals surface area contributed by atoms with Gasteiger partial charge < -0.3 is 24.8 Å². The maximum atomic E-state index is 13.9. The van der Waals surface area contributed by atoms with Crippen LogP contribution in [0, 0.1) is 11.8 Å². The van der Waals surface area contributed by atoms with Gasteiger partial charge in [-0.2, -0.15) is 0 Å². The van der Waals surface area contributed by atoms with E-state index in [1.165, 1.54) is 0 Å². The predicted octanol–water partition coefficient (Wildman–Crippen LogP) is 6.87. The quantitative estimate of drug-likeness (QED) is 0.0684. The molecule has 8 heteroatoms. The first-order valence-electron chi connectivity index (χ1n) is 17.8. The van der Waals surface area contributed by atoms with Crippen LogP contribution >= 0.6 is 0 Å². The molecule has 0 aliphatic carbocycles. The molecule has 52 heavy (non-hydrogen) atoms. The Balaban J connectivity index is 1.46. The number of carbonyl (C=O) groups excluding carboxylic acids is 3. The van der Waals surface area contributed by atoms with Crippen molar-refractivity contribution in [3.8, 4) is 5.75 Å². The smallest absolute Gasteiger partial charge is 0.309 e. The molecule has 0 aliphatic heterocycles. The summed E-state index contributed by atoms with van der Waals surface area (Å²) in [5.74, 6) is -1.38. The predicted molar refractivity (Wildman–Crippen MR) is 204 cm³/mol. The van der Waals surface area contributed by atoms with E-state index < -0.39 is 17.9 Å². The minimum absolute atomic E-state index is 0.0569. The van der Waals surface area contributed by atoms with Crippen molar-refractivity contribution in [1.82, 2.24) is 10.2 Å². The number of hydrogen-bond acceptors (Lipinski definition) is 6. The first kappa shape index (κ1) is 39.3. The van der Waals surface area contributed by atoms with Crippen molar-refractivity contribution in [2.75, 3.05) is 19.8 Å². The molecule has 0 heterocycles. The molecule has 0 saturated carbocycles. The molecule has 8 nitrogen and oxygen atoms in total. The number of esters is 1.